The van der Waals surface area contributed by atoms with Gasteiger partial charge in [0.2, 0.25) is 0 Å². The number of carbonyl (C=O) groups is 1. The summed E-state index contributed by atoms with van der Waals surface area (Å²) in [6, 6.07) is 16.1. The van der Waals surface area contributed by atoms with Crippen molar-refractivity contribution in [3.8, 4) is 22.6 Å². The van der Waals surface area contributed by atoms with Gasteiger partial charge in [-0.15, -0.1) is 0 Å². The number of aryl methyl sites for hydroxylation is 1. The van der Waals surface area contributed by atoms with Gasteiger partial charge in [-0.25, -0.2) is 4.39 Å². The van der Waals surface area contributed by atoms with Crippen LogP contribution in [-0.4, -0.2) is 43.1 Å². The first kappa shape index (κ1) is 29.3. The number of fused-ring (bicyclic) bond motifs is 2. The second kappa shape index (κ2) is 11.1. The Morgan fingerprint density at radius 3 is 2.50 bits per heavy atom. The van der Waals surface area contributed by atoms with E-state index in [1.165, 1.54) is 14.0 Å². The van der Waals surface area contributed by atoms with Gasteiger partial charge in [-0.1, -0.05) is 56.3 Å². The number of rotatable bonds is 6. The lowest BCUT2D eigenvalue weighted by atomic mass is 9.96. The summed E-state index contributed by atoms with van der Waals surface area (Å²) in [5.74, 6) is -2.01. The first-order valence-corrected chi connectivity index (χ1v) is 14.6. The third-order valence-electron chi connectivity index (χ3n) is 8.21. The highest BCUT2D eigenvalue weighted by molar-refractivity contribution is 6.34. The maximum atomic E-state index is 14.1. The van der Waals surface area contributed by atoms with Gasteiger partial charge >= 0.3 is 11.1 Å². The Morgan fingerprint density at radius 1 is 1.07 bits per heavy atom. The SMILES string of the molecule is C=C(F)C(=O)N1CC(Cn2c(=O)c(=O)n(-c3c(C)ccnc3C(C)C)c3cc(-c4cc(O)cc5ccccc45)c(Cl)cc32)C1. The minimum absolute atomic E-state index is 0.0557. The van der Waals surface area contributed by atoms with Crippen molar-refractivity contribution in [3.63, 3.8) is 0 Å². The van der Waals surface area contributed by atoms with Crippen LogP contribution in [0.5, 0.6) is 5.75 Å². The first-order valence-electron chi connectivity index (χ1n) is 14.3. The number of likely N-dealkylation sites (tertiary alicyclic amines) is 1. The zero-order valence-electron chi connectivity index (χ0n) is 24.5. The maximum Gasteiger partial charge on any atom is 0.321 e. The fourth-order valence-electron chi connectivity index (χ4n) is 6.07. The monoisotopic (exact) mass is 612 g/mol. The second-order valence-electron chi connectivity index (χ2n) is 11.6. The molecule has 6 rings (SSSR count). The molecule has 1 amide bonds. The summed E-state index contributed by atoms with van der Waals surface area (Å²) in [7, 11) is 0. The van der Waals surface area contributed by atoms with Gasteiger partial charge < -0.3 is 14.6 Å². The van der Waals surface area contributed by atoms with Gasteiger partial charge in [-0.05, 0) is 65.1 Å². The van der Waals surface area contributed by atoms with Crippen molar-refractivity contribution in [1.82, 2.24) is 19.0 Å². The van der Waals surface area contributed by atoms with Gasteiger partial charge in [-0.2, -0.15) is 0 Å². The fraction of sp³-hybridized carbons (Fsp3) is 0.235. The largest absolute Gasteiger partial charge is 0.508 e. The number of hydrogen-bond acceptors (Lipinski definition) is 5. The van der Waals surface area contributed by atoms with Crippen LogP contribution in [0.15, 0.2) is 82.8 Å². The Labute approximate surface area is 257 Å². The summed E-state index contributed by atoms with van der Waals surface area (Å²) in [4.78, 5) is 45.8. The van der Waals surface area contributed by atoms with Crippen LogP contribution >= 0.6 is 11.6 Å². The molecule has 5 aromatic rings. The highest BCUT2D eigenvalue weighted by atomic mass is 35.5. The molecule has 1 saturated heterocycles. The zero-order valence-corrected chi connectivity index (χ0v) is 25.2. The number of aromatic nitrogens is 3. The molecule has 0 unspecified atom stereocenters. The number of nitrogens with zero attached hydrogens (tertiary/aromatic N) is 4. The summed E-state index contributed by atoms with van der Waals surface area (Å²) in [5, 5.41) is 12.6. The molecule has 2 aromatic heterocycles. The number of pyridine rings is 1. The predicted octanol–water partition coefficient (Wildman–Crippen LogP) is 6.10. The summed E-state index contributed by atoms with van der Waals surface area (Å²) < 4.78 is 16.2. The van der Waals surface area contributed by atoms with E-state index in [0.29, 0.717) is 38.6 Å². The zero-order chi connectivity index (χ0) is 31.4. The Hall–Kier alpha value is -4.76. The van der Waals surface area contributed by atoms with Gasteiger partial charge in [0.1, 0.15) is 5.75 Å². The van der Waals surface area contributed by atoms with E-state index in [1.54, 1.807) is 36.5 Å². The average molecular weight is 613 g/mol. The Bertz CT molecular complexity index is 2130. The van der Waals surface area contributed by atoms with Gasteiger partial charge in [0, 0.05) is 37.3 Å². The lowest BCUT2D eigenvalue weighted by Gasteiger charge is -2.39. The molecule has 1 aliphatic heterocycles. The number of halogens is 2. The Balaban J connectivity index is 1.64. The van der Waals surface area contributed by atoms with Gasteiger partial charge in [0.15, 0.2) is 5.83 Å². The third-order valence-corrected chi connectivity index (χ3v) is 8.52. The number of aromatic hydroxyl groups is 1. The first-order chi connectivity index (χ1) is 21.0. The summed E-state index contributed by atoms with van der Waals surface area (Å²) in [6.45, 7) is 9.45. The van der Waals surface area contributed by atoms with Crippen LogP contribution < -0.4 is 11.1 Å². The molecule has 1 N–H and O–H groups in total. The minimum atomic E-state index is -1.04. The summed E-state index contributed by atoms with van der Waals surface area (Å²) in [6.07, 6.45) is 1.68. The Morgan fingerprint density at radius 2 is 1.80 bits per heavy atom. The van der Waals surface area contributed by atoms with E-state index in [9.17, 15) is 23.9 Å². The molecule has 0 saturated carbocycles. The molecule has 0 bridgehead atoms. The molecule has 3 heterocycles. The quantitative estimate of drug-likeness (QED) is 0.185. The molecular formula is C34H30ClFN4O4. The van der Waals surface area contributed by atoms with Crippen LogP contribution in [0, 0.1) is 12.8 Å². The number of benzene rings is 3. The van der Waals surface area contributed by atoms with E-state index in [-0.39, 0.29) is 37.2 Å². The van der Waals surface area contributed by atoms with Crippen LogP contribution in [0.3, 0.4) is 0 Å². The highest BCUT2D eigenvalue weighted by Crippen LogP contribution is 2.39. The topological polar surface area (TPSA) is 97.4 Å². The van der Waals surface area contributed by atoms with Crippen molar-refractivity contribution >= 4 is 39.3 Å². The standard InChI is InChI=1S/C34H30ClFN4O4/c1-18(2)30-31(19(3)9-10-37-30)40-29-13-26(25-12-23(41)11-22-7-5-6-8-24(22)25)27(35)14-28(29)39(33(43)34(40)44)17-21-15-38(16-21)32(42)20(4)36/h5-14,18,21,41H,4,15-17H2,1-3H3. The molecule has 0 radical (unpaired) electrons. The molecule has 8 nitrogen and oxygen atoms in total. The van der Waals surface area contributed by atoms with E-state index in [2.05, 4.69) is 11.6 Å². The molecule has 44 heavy (non-hydrogen) atoms. The van der Waals surface area contributed by atoms with E-state index in [1.807, 2.05) is 45.0 Å². The van der Waals surface area contributed by atoms with E-state index in [4.69, 9.17) is 11.6 Å². The van der Waals surface area contributed by atoms with Crippen molar-refractivity contribution in [1.29, 1.82) is 0 Å². The normalized spacial score (nSPS) is 13.5. The van der Waals surface area contributed by atoms with Crippen molar-refractivity contribution in [2.75, 3.05) is 13.1 Å². The van der Waals surface area contributed by atoms with Crippen molar-refractivity contribution < 1.29 is 14.3 Å². The van der Waals surface area contributed by atoms with Gasteiger partial charge in [-0.3, -0.25) is 23.9 Å². The number of hydrogen-bond donors (Lipinski definition) is 1. The van der Waals surface area contributed by atoms with Crippen LogP contribution in [-0.2, 0) is 11.3 Å². The average Bonchev–Trinajstić information content (AvgIpc) is 2.96. The van der Waals surface area contributed by atoms with Gasteiger partial charge in [0.25, 0.3) is 5.91 Å². The van der Waals surface area contributed by atoms with Crippen molar-refractivity contribution in [2.24, 2.45) is 5.92 Å². The highest BCUT2D eigenvalue weighted by Gasteiger charge is 2.33. The lowest BCUT2D eigenvalue weighted by Crippen LogP contribution is -2.53. The molecule has 0 aliphatic carbocycles. The molecular weight excluding hydrogens is 583 g/mol. The van der Waals surface area contributed by atoms with Crippen LogP contribution in [0.25, 0.3) is 38.6 Å². The Kier molecular flexibility index (Phi) is 7.37. The molecule has 10 heteroatoms. The van der Waals surface area contributed by atoms with E-state index in [0.717, 1.165) is 16.3 Å². The third kappa shape index (κ3) is 4.87. The van der Waals surface area contributed by atoms with Crippen molar-refractivity contribution in [2.45, 2.75) is 33.2 Å². The predicted molar refractivity (Wildman–Crippen MR) is 170 cm³/mol. The summed E-state index contributed by atoms with van der Waals surface area (Å²) in [5.41, 5.74) is 2.53. The molecule has 0 atom stereocenters. The van der Waals surface area contributed by atoms with Crippen LogP contribution in [0.4, 0.5) is 4.39 Å². The maximum absolute atomic E-state index is 14.1. The second-order valence-corrected chi connectivity index (χ2v) is 12.0. The van der Waals surface area contributed by atoms with Gasteiger partial charge in [0.05, 0.1) is 27.4 Å². The van der Waals surface area contributed by atoms with Crippen LogP contribution in [0.2, 0.25) is 5.02 Å². The lowest BCUT2D eigenvalue weighted by molar-refractivity contribution is -0.135. The molecule has 3 aromatic carbocycles. The van der Waals surface area contributed by atoms with E-state index >= 15 is 0 Å². The number of amides is 1. The summed E-state index contributed by atoms with van der Waals surface area (Å²) >= 11 is 6.95. The van der Waals surface area contributed by atoms with E-state index < -0.39 is 22.9 Å². The molecule has 1 fully saturated rings. The fourth-order valence-corrected chi connectivity index (χ4v) is 6.33. The smallest absolute Gasteiger partial charge is 0.321 e. The number of phenolic OH excluding ortho intramolecular Hbond substituents is 1. The molecule has 224 valence electrons. The number of carbonyl (C=O) groups excluding carboxylic acids is 1. The number of phenols is 1. The van der Waals surface area contributed by atoms with Crippen molar-refractivity contribution in [3.05, 3.63) is 110 Å². The molecule has 0 spiro atoms. The van der Waals surface area contributed by atoms with Crippen LogP contribution in [0.1, 0.15) is 31.0 Å². The minimum Gasteiger partial charge on any atom is -0.508 e. The molecule has 1 aliphatic rings.